The van der Waals surface area contributed by atoms with E-state index in [1.807, 2.05) is 64.9 Å². The summed E-state index contributed by atoms with van der Waals surface area (Å²) in [4.78, 5) is 35.8. The van der Waals surface area contributed by atoms with E-state index in [-0.39, 0.29) is 24.3 Å². The first kappa shape index (κ1) is 35.7. The third-order valence-electron chi connectivity index (χ3n) is 7.73. The summed E-state index contributed by atoms with van der Waals surface area (Å²) >= 11 is 6.60. The number of piperazine rings is 1. The van der Waals surface area contributed by atoms with Gasteiger partial charge in [0.05, 0.1) is 30.6 Å². The van der Waals surface area contributed by atoms with Gasteiger partial charge >= 0.3 is 12.2 Å². The predicted octanol–water partition coefficient (Wildman–Crippen LogP) is 5.99. The Morgan fingerprint density at radius 2 is 1.82 bits per heavy atom. The molecule has 3 unspecified atom stereocenters. The zero-order valence-electron chi connectivity index (χ0n) is 27.5. The number of amides is 2. The summed E-state index contributed by atoms with van der Waals surface area (Å²) in [6, 6.07) is 4.60. The van der Waals surface area contributed by atoms with Gasteiger partial charge in [0.15, 0.2) is 0 Å². The van der Waals surface area contributed by atoms with Gasteiger partial charge in [-0.3, -0.25) is 4.90 Å². The molecular weight excluding hydrogens is 592 g/mol. The lowest BCUT2D eigenvalue weighted by Gasteiger charge is -2.43. The minimum Gasteiger partial charge on any atom is -0.447 e. The largest absolute Gasteiger partial charge is 0.447 e. The second kappa shape index (κ2) is 16.0. The number of ether oxygens (including phenoxy) is 2. The Kier molecular flexibility index (Phi) is 12.7. The highest BCUT2D eigenvalue weighted by molar-refractivity contribution is 6.30. The molecule has 1 aromatic carbocycles. The molecule has 3 atom stereocenters. The summed E-state index contributed by atoms with van der Waals surface area (Å²) in [6.07, 6.45) is 7.35. The second-order valence-corrected chi connectivity index (χ2v) is 12.8. The first-order valence-electron chi connectivity index (χ1n) is 15.3. The summed E-state index contributed by atoms with van der Waals surface area (Å²) in [7, 11) is 3.75. The molecule has 2 aliphatic rings. The van der Waals surface area contributed by atoms with Crippen molar-refractivity contribution in [2.24, 2.45) is 4.99 Å². The fourth-order valence-electron chi connectivity index (χ4n) is 5.13. The molecule has 1 aromatic rings. The van der Waals surface area contributed by atoms with Crippen molar-refractivity contribution in [1.29, 1.82) is 0 Å². The molecule has 1 aliphatic carbocycles. The number of nitrogens with one attached hydrogen (secondary N) is 2. The minimum atomic E-state index is -0.643. The smallest absolute Gasteiger partial charge is 0.410 e. The van der Waals surface area contributed by atoms with E-state index in [4.69, 9.17) is 21.1 Å². The molecule has 2 N–H and O–H groups in total. The topological polar surface area (TPSA) is 98.7 Å². The summed E-state index contributed by atoms with van der Waals surface area (Å²) < 4.78 is 11.1. The highest BCUT2D eigenvalue weighted by atomic mass is 35.5. The van der Waals surface area contributed by atoms with Gasteiger partial charge in [0.2, 0.25) is 0 Å². The number of hydrogen-bond donors (Lipinski definition) is 2. The van der Waals surface area contributed by atoms with E-state index < -0.39 is 17.7 Å². The van der Waals surface area contributed by atoms with Gasteiger partial charge in [-0.25, -0.2) is 14.6 Å². The van der Waals surface area contributed by atoms with Crippen LogP contribution >= 0.6 is 11.6 Å². The van der Waals surface area contributed by atoms with Gasteiger partial charge in [0, 0.05) is 51.5 Å². The first-order chi connectivity index (χ1) is 21.2. The fourth-order valence-corrected chi connectivity index (χ4v) is 5.30. The molecular formula is C34H49ClN6O4. The number of hydrogen-bond acceptors (Lipinski definition) is 7. The number of rotatable bonds is 14. The van der Waals surface area contributed by atoms with E-state index in [0.717, 1.165) is 29.5 Å². The van der Waals surface area contributed by atoms with E-state index in [9.17, 15) is 9.59 Å². The Morgan fingerprint density at radius 1 is 1.16 bits per heavy atom. The van der Waals surface area contributed by atoms with E-state index in [2.05, 4.69) is 40.3 Å². The van der Waals surface area contributed by atoms with Crippen molar-refractivity contribution in [3.8, 4) is 0 Å². The van der Waals surface area contributed by atoms with Gasteiger partial charge in [-0.15, -0.1) is 0 Å². The van der Waals surface area contributed by atoms with E-state index in [1.54, 1.807) is 29.7 Å². The van der Waals surface area contributed by atoms with Gasteiger partial charge < -0.3 is 29.9 Å². The maximum absolute atomic E-state index is 13.0. The second-order valence-electron chi connectivity index (χ2n) is 12.4. The average Bonchev–Trinajstić information content (AvgIpc) is 3.70. The van der Waals surface area contributed by atoms with Crippen LogP contribution in [0.3, 0.4) is 0 Å². The molecule has 11 heteroatoms. The van der Waals surface area contributed by atoms with Crippen LogP contribution in [0.4, 0.5) is 9.59 Å². The van der Waals surface area contributed by atoms with Crippen LogP contribution in [0.25, 0.3) is 5.57 Å². The molecule has 1 aliphatic heterocycles. The highest BCUT2D eigenvalue weighted by Gasteiger charge is 2.42. The first-order valence-corrected chi connectivity index (χ1v) is 15.7. The van der Waals surface area contributed by atoms with Gasteiger partial charge in [0.25, 0.3) is 0 Å². The number of carbonyl (C=O) groups excluding carboxylic acids is 2. The average molecular weight is 641 g/mol. The van der Waals surface area contributed by atoms with Crippen LogP contribution in [-0.2, 0) is 9.47 Å². The van der Waals surface area contributed by atoms with Crippen molar-refractivity contribution in [1.82, 2.24) is 25.3 Å². The van der Waals surface area contributed by atoms with Gasteiger partial charge in [-0.2, -0.15) is 0 Å². The molecule has 0 spiro atoms. The lowest BCUT2D eigenvalue weighted by atomic mass is 9.85. The molecule has 0 aromatic heterocycles. The van der Waals surface area contributed by atoms with Crippen molar-refractivity contribution in [2.75, 3.05) is 40.3 Å². The van der Waals surface area contributed by atoms with Crippen LogP contribution < -0.4 is 10.6 Å². The number of carbonyl (C=O) groups is 2. The van der Waals surface area contributed by atoms with E-state index in [1.165, 1.54) is 0 Å². The maximum atomic E-state index is 13.0. The fraction of sp³-hybridized carbons (Fsp3) is 0.500. The summed E-state index contributed by atoms with van der Waals surface area (Å²) in [5.41, 5.74) is 2.79. The Morgan fingerprint density at radius 3 is 2.38 bits per heavy atom. The van der Waals surface area contributed by atoms with Crippen LogP contribution in [0, 0.1) is 0 Å². The molecule has 45 heavy (non-hydrogen) atoms. The summed E-state index contributed by atoms with van der Waals surface area (Å²) in [5.74, 6) is 0. The van der Waals surface area contributed by atoms with Gasteiger partial charge in [0.1, 0.15) is 5.60 Å². The number of nitrogens with zero attached hydrogens (tertiary/aromatic N) is 4. The van der Waals surface area contributed by atoms with Crippen molar-refractivity contribution in [3.63, 3.8) is 0 Å². The normalized spacial score (nSPS) is 18.3. The van der Waals surface area contributed by atoms with Crippen LogP contribution in [0.2, 0.25) is 5.02 Å². The number of alkyl carbamates (subject to hydrolysis) is 1. The third-order valence-corrected chi connectivity index (χ3v) is 7.97. The zero-order valence-corrected chi connectivity index (χ0v) is 28.3. The SMILES string of the molecule is C=CNC(C(=C)C)C(c1ccc(Cl)cc1C(=C)C(/C=C/N=CN(C)C)NC(=O)OC1(C)CC1)N1CCN(C(=O)OC(C)C)CC1. The predicted molar refractivity (Wildman–Crippen MR) is 182 cm³/mol. The van der Waals surface area contributed by atoms with Crippen LogP contribution in [0.15, 0.2) is 67.0 Å². The summed E-state index contributed by atoms with van der Waals surface area (Å²) in [6.45, 7) is 22.4. The van der Waals surface area contributed by atoms with Crippen LogP contribution in [0.1, 0.15) is 57.7 Å². The van der Waals surface area contributed by atoms with Crippen molar-refractivity contribution >= 4 is 35.7 Å². The maximum Gasteiger partial charge on any atom is 0.410 e. The zero-order chi connectivity index (χ0) is 33.3. The van der Waals surface area contributed by atoms with E-state index >= 15 is 0 Å². The lowest BCUT2D eigenvalue weighted by Crippen LogP contribution is -2.53. The molecule has 10 nitrogen and oxygen atoms in total. The molecule has 1 heterocycles. The van der Waals surface area contributed by atoms with Gasteiger partial charge in [-0.05, 0) is 81.6 Å². The molecule has 0 radical (unpaired) electrons. The monoisotopic (exact) mass is 640 g/mol. The third kappa shape index (κ3) is 10.4. The Labute approximate surface area is 273 Å². The van der Waals surface area contributed by atoms with Crippen LogP contribution in [0.5, 0.6) is 0 Å². The Bertz CT molecular complexity index is 1300. The van der Waals surface area contributed by atoms with Crippen molar-refractivity contribution in [3.05, 3.63) is 78.1 Å². The lowest BCUT2D eigenvalue weighted by molar-refractivity contribution is 0.0447. The quantitative estimate of drug-likeness (QED) is 0.147. The number of aliphatic imine (C=N–C) groups is 1. The molecule has 1 saturated carbocycles. The highest BCUT2D eigenvalue weighted by Crippen LogP contribution is 2.39. The number of benzene rings is 1. The van der Waals surface area contributed by atoms with Crippen molar-refractivity contribution < 1.29 is 19.1 Å². The minimum absolute atomic E-state index is 0.191. The number of halogens is 1. The Hall–Kier alpha value is -3.76. The molecule has 1 saturated heterocycles. The van der Waals surface area contributed by atoms with Crippen LogP contribution in [-0.4, -0.2) is 97.3 Å². The molecule has 2 fully saturated rings. The molecule has 3 rings (SSSR count). The molecule has 0 bridgehead atoms. The molecule has 2 amide bonds. The summed E-state index contributed by atoms with van der Waals surface area (Å²) in [5, 5.41) is 6.90. The van der Waals surface area contributed by atoms with Crippen molar-refractivity contribution in [2.45, 2.75) is 70.4 Å². The standard InChI is InChI=1S/C34H49ClN6O4/c1-10-37-30(23(2)3)31(40-17-19-41(20-18-40)33(43)44-24(4)5)27-12-11-26(35)21-28(27)25(6)29(13-16-36-22-39(8)9)38-32(42)45-34(7)14-15-34/h10-13,16,21-22,24,29-31,37H,1-2,6,14-15,17-20H2,3-5,7-9H3,(H,38,42)/b16-13+,36-22?. The van der Waals surface area contributed by atoms with E-state index in [0.29, 0.717) is 36.8 Å². The Balaban J connectivity index is 2.02. The molecule has 246 valence electrons. The van der Waals surface area contributed by atoms with Gasteiger partial charge in [-0.1, -0.05) is 43.0 Å².